The molecule has 0 spiro atoms. The van der Waals surface area contributed by atoms with Gasteiger partial charge in [-0.1, -0.05) is 0 Å². The van der Waals surface area contributed by atoms with Gasteiger partial charge in [0.15, 0.2) is 11.5 Å². The van der Waals surface area contributed by atoms with Gasteiger partial charge in [0, 0.05) is 6.20 Å². The first-order valence-corrected chi connectivity index (χ1v) is 3.51. The van der Waals surface area contributed by atoms with Crippen LogP contribution < -0.4 is 5.73 Å². The standard InChI is InChI=1S/C7H6N4O2/c8-5-4-1-3(7(12)13)2-9-6(4)11-10-5/h1-2H,(H,12,13)(H3,8,9,10,11). The number of nitrogens with zero attached hydrogens (tertiary/aromatic N) is 2. The second-order valence-electron chi connectivity index (χ2n) is 2.53. The average Bonchev–Trinajstić information content (AvgIpc) is 2.47. The van der Waals surface area contributed by atoms with Crippen molar-refractivity contribution in [2.75, 3.05) is 5.73 Å². The fourth-order valence-corrected chi connectivity index (χ4v) is 1.04. The van der Waals surface area contributed by atoms with Crippen LogP contribution in [0.15, 0.2) is 12.3 Å². The molecule has 0 aliphatic rings. The van der Waals surface area contributed by atoms with Crippen molar-refractivity contribution in [1.82, 2.24) is 15.2 Å². The summed E-state index contributed by atoms with van der Waals surface area (Å²) in [6, 6.07) is 1.43. The van der Waals surface area contributed by atoms with E-state index >= 15 is 0 Å². The first kappa shape index (κ1) is 7.53. The van der Waals surface area contributed by atoms with Crippen molar-refractivity contribution < 1.29 is 9.90 Å². The first-order valence-electron chi connectivity index (χ1n) is 3.51. The fourth-order valence-electron chi connectivity index (χ4n) is 1.04. The van der Waals surface area contributed by atoms with Crippen LogP contribution in [0.25, 0.3) is 11.0 Å². The summed E-state index contributed by atoms with van der Waals surface area (Å²) >= 11 is 0. The van der Waals surface area contributed by atoms with Gasteiger partial charge in [-0.3, -0.25) is 5.10 Å². The van der Waals surface area contributed by atoms with Gasteiger partial charge in [-0.2, -0.15) is 5.10 Å². The van der Waals surface area contributed by atoms with Crippen molar-refractivity contribution >= 4 is 22.8 Å². The van der Waals surface area contributed by atoms with E-state index in [2.05, 4.69) is 15.2 Å². The SMILES string of the molecule is Nc1n[nH]c2ncc(C(=O)O)cc12. The Morgan fingerprint density at radius 3 is 3.08 bits per heavy atom. The summed E-state index contributed by atoms with van der Waals surface area (Å²) < 4.78 is 0. The highest BCUT2D eigenvalue weighted by atomic mass is 16.4. The number of aromatic carboxylic acids is 1. The highest BCUT2D eigenvalue weighted by Crippen LogP contribution is 2.16. The lowest BCUT2D eigenvalue weighted by atomic mass is 10.2. The van der Waals surface area contributed by atoms with Gasteiger partial charge in [-0.15, -0.1) is 0 Å². The van der Waals surface area contributed by atoms with Gasteiger partial charge in [0.1, 0.15) is 0 Å². The number of carboxylic acid groups (broad SMARTS) is 1. The molecule has 0 fully saturated rings. The average molecular weight is 178 g/mol. The Morgan fingerprint density at radius 2 is 2.38 bits per heavy atom. The smallest absolute Gasteiger partial charge is 0.337 e. The van der Waals surface area contributed by atoms with Crippen LogP contribution >= 0.6 is 0 Å². The fraction of sp³-hybridized carbons (Fsp3) is 0. The van der Waals surface area contributed by atoms with E-state index in [1.165, 1.54) is 12.3 Å². The summed E-state index contributed by atoms with van der Waals surface area (Å²) in [5.41, 5.74) is 6.06. The predicted octanol–water partition coefficient (Wildman–Crippen LogP) is 0.238. The molecule has 0 saturated heterocycles. The molecule has 6 heteroatoms. The lowest BCUT2D eigenvalue weighted by Crippen LogP contribution is -1.96. The summed E-state index contributed by atoms with van der Waals surface area (Å²) in [6.45, 7) is 0. The predicted molar refractivity (Wildman–Crippen MR) is 45.3 cm³/mol. The minimum atomic E-state index is -1.03. The van der Waals surface area contributed by atoms with Crippen molar-refractivity contribution in [3.8, 4) is 0 Å². The number of nitrogens with two attached hydrogens (primary N) is 1. The summed E-state index contributed by atoms with van der Waals surface area (Å²) in [5, 5.41) is 15.5. The van der Waals surface area contributed by atoms with E-state index in [-0.39, 0.29) is 11.4 Å². The second kappa shape index (κ2) is 2.44. The van der Waals surface area contributed by atoms with Gasteiger partial charge in [-0.25, -0.2) is 9.78 Å². The van der Waals surface area contributed by atoms with Crippen LogP contribution in [-0.4, -0.2) is 26.3 Å². The van der Waals surface area contributed by atoms with Crippen molar-refractivity contribution in [2.24, 2.45) is 0 Å². The monoisotopic (exact) mass is 178 g/mol. The minimum Gasteiger partial charge on any atom is -0.478 e. The third-order valence-corrected chi connectivity index (χ3v) is 1.69. The molecular weight excluding hydrogens is 172 g/mol. The Hall–Kier alpha value is -2.11. The van der Waals surface area contributed by atoms with Gasteiger partial charge in [0.05, 0.1) is 10.9 Å². The van der Waals surface area contributed by atoms with E-state index in [9.17, 15) is 4.79 Å². The molecule has 2 heterocycles. The molecule has 13 heavy (non-hydrogen) atoms. The molecule has 0 amide bonds. The number of rotatable bonds is 1. The molecular formula is C7H6N4O2. The van der Waals surface area contributed by atoms with E-state index in [1.54, 1.807) is 0 Å². The zero-order chi connectivity index (χ0) is 9.42. The molecule has 0 aromatic carbocycles. The van der Waals surface area contributed by atoms with E-state index in [0.717, 1.165) is 0 Å². The molecule has 0 unspecified atom stereocenters. The Balaban J connectivity index is 2.72. The third-order valence-electron chi connectivity index (χ3n) is 1.69. The quantitative estimate of drug-likeness (QED) is 0.580. The summed E-state index contributed by atoms with van der Waals surface area (Å²) in [4.78, 5) is 14.4. The number of nitrogens with one attached hydrogen (secondary N) is 1. The third kappa shape index (κ3) is 1.08. The van der Waals surface area contributed by atoms with Gasteiger partial charge in [-0.05, 0) is 6.07 Å². The Kier molecular flexibility index (Phi) is 1.42. The van der Waals surface area contributed by atoms with Crippen LogP contribution in [0.1, 0.15) is 10.4 Å². The largest absolute Gasteiger partial charge is 0.478 e. The van der Waals surface area contributed by atoms with Crippen molar-refractivity contribution in [2.45, 2.75) is 0 Å². The van der Waals surface area contributed by atoms with Crippen molar-refractivity contribution in [3.05, 3.63) is 17.8 Å². The molecule has 0 saturated carbocycles. The van der Waals surface area contributed by atoms with E-state index < -0.39 is 5.97 Å². The molecule has 0 aliphatic carbocycles. The number of aromatic nitrogens is 3. The van der Waals surface area contributed by atoms with Crippen LogP contribution in [0.3, 0.4) is 0 Å². The highest BCUT2D eigenvalue weighted by molar-refractivity contribution is 5.94. The maximum atomic E-state index is 10.6. The lowest BCUT2D eigenvalue weighted by molar-refractivity contribution is 0.0696. The highest BCUT2D eigenvalue weighted by Gasteiger charge is 2.08. The summed E-state index contributed by atoms with van der Waals surface area (Å²) in [6.07, 6.45) is 1.25. The van der Waals surface area contributed by atoms with Gasteiger partial charge in [0.25, 0.3) is 0 Å². The van der Waals surface area contributed by atoms with Gasteiger partial charge >= 0.3 is 5.97 Å². The molecule has 0 atom stereocenters. The van der Waals surface area contributed by atoms with E-state index in [1.807, 2.05) is 0 Å². The van der Waals surface area contributed by atoms with Crippen LogP contribution in [0.2, 0.25) is 0 Å². The Bertz CT molecular complexity index is 476. The van der Waals surface area contributed by atoms with E-state index in [4.69, 9.17) is 10.8 Å². The molecule has 0 bridgehead atoms. The van der Waals surface area contributed by atoms with Gasteiger partial charge in [0.2, 0.25) is 0 Å². The molecule has 4 N–H and O–H groups in total. The zero-order valence-corrected chi connectivity index (χ0v) is 6.48. The van der Waals surface area contributed by atoms with Crippen LogP contribution in [0.4, 0.5) is 5.82 Å². The number of anilines is 1. The van der Waals surface area contributed by atoms with Crippen LogP contribution in [0, 0.1) is 0 Å². The molecule has 6 nitrogen and oxygen atoms in total. The summed E-state index contributed by atoms with van der Waals surface area (Å²) in [7, 11) is 0. The van der Waals surface area contributed by atoms with Crippen LogP contribution in [0.5, 0.6) is 0 Å². The molecule has 2 rings (SSSR count). The lowest BCUT2D eigenvalue weighted by Gasteiger charge is -1.92. The summed E-state index contributed by atoms with van der Waals surface area (Å²) in [5.74, 6) is -0.777. The normalized spacial score (nSPS) is 10.5. The molecule has 66 valence electrons. The number of fused-ring (bicyclic) bond motifs is 1. The van der Waals surface area contributed by atoms with Gasteiger partial charge < -0.3 is 10.8 Å². The maximum absolute atomic E-state index is 10.6. The van der Waals surface area contributed by atoms with Crippen molar-refractivity contribution in [1.29, 1.82) is 0 Å². The first-order chi connectivity index (χ1) is 6.18. The number of hydrogen-bond donors (Lipinski definition) is 3. The molecule has 2 aromatic heterocycles. The number of nitrogen functional groups attached to an aromatic ring is 1. The molecule has 2 aromatic rings. The molecule has 0 aliphatic heterocycles. The Labute approximate surface area is 72.4 Å². The Morgan fingerprint density at radius 1 is 1.62 bits per heavy atom. The maximum Gasteiger partial charge on any atom is 0.337 e. The number of carbonyl (C=O) groups is 1. The number of hydrogen-bond acceptors (Lipinski definition) is 4. The number of H-pyrrole nitrogens is 1. The van der Waals surface area contributed by atoms with E-state index in [0.29, 0.717) is 11.0 Å². The zero-order valence-electron chi connectivity index (χ0n) is 6.48. The number of pyridine rings is 1. The molecule has 0 radical (unpaired) electrons. The number of carboxylic acids is 1. The topological polar surface area (TPSA) is 105 Å². The minimum absolute atomic E-state index is 0.0978. The van der Waals surface area contributed by atoms with Crippen LogP contribution in [-0.2, 0) is 0 Å². The number of aromatic amines is 1. The second-order valence-corrected chi connectivity index (χ2v) is 2.53. The van der Waals surface area contributed by atoms with Crippen molar-refractivity contribution in [3.63, 3.8) is 0 Å².